The number of anilines is 1. The molecule has 1 saturated carbocycles. The second kappa shape index (κ2) is 3.24. The molecule has 80 valence electrons. The third kappa shape index (κ3) is 1.53. The van der Waals surface area contributed by atoms with Crippen molar-refractivity contribution < 1.29 is 0 Å². The molecule has 0 aliphatic heterocycles. The maximum absolute atomic E-state index is 5.81. The molecule has 3 rings (SSSR count). The number of nitrogens with zero attached hydrogens (tertiary/aromatic N) is 1. The summed E-state index contributed by atoms with van der Waals surface area (Å²) in [6, 6.07) is 7.90. The molecule has 2 nitrogen and oxygen atoms in total. The average molecular weight is 202 g/mol. The number of nitrogens with two attached hydrogens (primary N) is 1. The monoisotopic (exact) mass is 202 g/mol. The van der Waals surface area contributed by atoms with Gasteiger partial charge in [-0.05, 0) is 56.0 Å². The van der Waals surface area contributed by atoms with E-state index >= 15 is 0 Å². The van der Waals surface area contributed by atoms with Crippen LogP contribution in [0.2, 0.25) is 0 Å². The minimum absolute atomic E-state index is 0.646. The first-order valence-electron chi connectivity index (χ1n) is 5.86. The van der Waals surface area contributed by atoms with Crippen molar-refractivity contribution in [1.82, 2.24) is 4.90 Å². The zero-order chi connectivity index (χ0) is 10.4. The number of fused-ring (bicyclic) bond motifs is 1. The quantitative estimate of drug-likeness (QED) is 0.746. The summed E-state index contributed by atoms with van der Waals surface area (Å²) >= 11 is 0. The van der Waals surface area contributed by atoms with E-state index in [1.54, 1.807) is 0 Å². The summed E-state index contributed by atoms with van der Waals surface area (Å²) in [5, 5.41) is 0. The van der Waals surface area contributed by atoms with Crippen LogP contribution in [0.4, 0.5) is 5.69 Å². The van der Waals surface area contributed by atoms with Gasteiger partial charge >= 0.3 is 0 Å². The molecule has 1 unspecified atom stereocenters. The molecule has 0 heterocycles. The Hall–Kier alpha value is -1.02. The minimum Gasteiger partial charge on any atom is -0.399 e. The van der Waals surface area contributed by atoms with E-state index in [4.69, 9.17) is 5.73 Å². The van der Waals surface area contributed by atoms with E-state index in [1.807, 2.05) is 6.07 Å². The number of nitrogen functional groups attached to an aromatic ring is 1. The van der Waals surface area contributed by atoms with Gasteiger partial charge in [-0.1, -0.05) is 6.07 Å². The lowest BCUT2D eigenvalue weighted by Crippen LogP contribution is -2.24. The van der Waals surface area contributed by atoms with Gasteiger partial charge in [-0.15, -0.1) is 0 Å². The van der Waals surface area contributed by atoms with Gasteiger partial charge in [0, 0.05) is 17.8 Å². The Morgan fingerprint density at radius 1 is 1.27 bits per heavy atom. The molecule has 2 N–H and O–H groups in total. The van der Waals surface area contributed by atoms with Gasteiger partial charge in [0.2, 0.25) is 0 Å². The molecule has 0 radical (unpaired) electrons. The predicted molar refractivity (Wildman–Crippen MR) is 62.7 cm³/mol. The molecule has 0 bridgehead atoms. The molecule has 1 atom stereocenters. The van der Waals surface area contributed by atoms with E-state index < -0.39 is 0 Å². The first-order valence-corrected chi connectivity index (χ1v) is 5.86. The minimum atomic E-state index is 0.646. The molecule has 1 fully saturated rings. The van der Waals surface area contributed by atoms with Gasteiger partial charge in [0.25, 0.3) is 0 Å². The summed E-state index contributed by atoms with van der Waals surface area (Å²) in [7, 11) is 2.27. The average Bonchev–Trinajstić information content (AvgIpc) is 2.98. The Morgan fingerprint density at radius 2 is 2.07 bits per heavy atom. The summed E-state index contributed by atoms with van der Waals surface area (Å²) < 4.78 is 0. The van der Waals surface area contributed by atoms with Crippen LogP contribution >= 0.6 is 0 Å². The van der Waals surface area contributed by atoms with Gasteiger partial charge in [0.1, 0.15) is 0 Å². The molecule has 1 aromatic rings. The first kappa shape index (κ1) is 9.22. The molecule has 0 spiro atoms. The lowest BCUT2D eigenvalue weighted by Gasteiger charge is -2.24. The second-order valence-corrected chi connectivity index (χ2v) is 4.91. The van der Waals surface area contributed by atoms with Gasteiger partial charge in [0.15, 0.2) is 0 Å². The van der Waals surface area contributed by atoms with Crippen LogP contribution in [-0.2, 0) is 6.42 Å². The first-order chi connectivity index (χ1) is 7.25. The second-order valence-electron chi connectivity index (χ2n) is 4.91. The van der Waals surface area contributed by atoms with Crippen LogP contribution < -0.4 is 5.73 Å². The highest BCUT2D eigenvalue weighted by molar-refractivity contribution is 5.47. The number of rotatable bonds is 2. The third-order valence-electron chi connectivity index (χ3n) is 3.83. The van der Waals surface area contributed by atoms with Crippen LogP contribution in [0.3, 0.4) is 0 Å². The molecule has 2 aliphatic carbocycles. The fraction of sp³-hybridized carbons (Fsp3) is 0.538. The van der Waals surface area contributed by atoms with Gasteiger partial charge < -0.3 is 5.73 Å². The van der Waals surface area contributed by atoms with E-state index in [2.05, 4.69) is 24.1 Å². The summed E-state index contributed by atoms with van der Waals surface area (Å²) in [5.74, 6) is 0. The van der Waals surface area contributed by atoms with Crippen molar-refractivity contribution in [3.63, 3.8) is 0 Å². The number of aryl methyl sites for hydroxylation is 1. The van der Waals surface area contributed by atoms with E-state index in [0.29, 0.717) is 6.04 Å². The normalized spacial score (nSPS) is 24.5. The lowest BCUT2D eigenvalue weighted by atomic mass is 10.1. The SMILES string of the molecule is CN(C1CC1)C1CCc2cc(N)ccc21. The molecular formula is C13H18N2. The molecule has 15 heavy (non-hydrogen) atoms. The standard InChI is InChI=1S/C13H18N2/c1-15(11-4-5-11)13-7-2-9-8-10(14)3-6-12(9)13/h3,6,8,11,13H,2,4-5,7,14H2,1H3. The lowest BCUT2D eigenvalue weighted by molar-refractivity contribution is 0.234. The van der Waals surface area contributed by atoms with Crippen LogP contribution in [0.15, 0.2) is 18.2 Å². The van der Waals surface area contributed by atoms with E-state index in [1.165, 1.54) is 36.8 Å². The molecule has 2 aliphatic rings. The van der Waals surface area contributed by atoms with Crippen molar-refractivity contribution in [3.05, 3.63) is 29.3 Å². The summed E-state index contributed by atoms with van der Waals surface area (Å²) in [6.45, 7) is 0. The van der Waals surface area contributed by atoms with Gasteiger partial charge in [-0.3, -0.25) is 4.90 Å². The van der Waals surface area contributed by atoms with Crippen molar-refractivity contribution in [2.24, 2.45) is 0 Å². The van der Waals surface area contributed by atoms with E-state index in [9.17, 15) is 0 Å². The fourth-order valence-corrected chi connectivity index (χ4v) is 2.77. The maximum Gasteiger partial charge on any atom is 0.0353 e. The number of hydrogen-bond acceptors (Lipinski definition) is 2. The van der Waals surface area contributed by atoms with Crippen molar-refractivity contribution in [2.45, 2.75) is 37.8 Å². The Balaban J connectivity index is 1.90. The summed E-state index contributed by atoms with van der Waals surface area (Å²) in [6.07, 6.45) is 5.24. The molecule has 0 amide bonds. The van der Waals surface area contributed by atoms with Gasteiger partial charge in [0.05, 0.1) is 0 Å². The Labute approximate surface area is 91.1 Å². The Bertz CT molecular complexity index is 382. The molecule has 2 heteroatoms. The zero-order valence-corrected chi connectivity index (χ0v) is 9.24. The van der Waals surface area contributed by atoms with Crippen LogP contribution in [0, 0.1) is 0 Å². The van der Waals surface area contributed by atoms with Crippen LogP contribution in [0.1, 0.15) is 36.4 Å². The van der Waals surface area contributed by atoms with Crippen molar-refractivity contribution in [2.75, 3.05) is 12.8 Å². The molecule has 0 saturated heterocycles. The summed E-state index contributed by atoms with van der Waals surface area (Å²) in [5.41, 5.74) is 9.69. The molecular weight excluding hydrogens is 184 g/mol. The Morgan fingerprint density at radius 3 is 2.80 bits per heavy atom. The van der Waals surface area contributed by atoms with E-state index in [0.717, 1.165) is 11.7 Å². The van der Waals surface area contributed by atoms with Crippen molar-refractivity contribution in [1.29, 1.82) is 0 Å². The van der Waals surface area contributed by atoms with Crippen LogP contribution in [0.5, 0.6) is 0 Å². The summed E-state index contributed by atoms with van der Waals surface area (Å²) in [4.78, 5) is 2.56. The highest BCUT2D eigenvalue weighted by Gasteiger charge is 2.34. The smallest absolute Gasteiger partial charge is 0.0353 e. The molecule has 0 aromatic heterocycles. The van der Waals surface area contributed by atoms with Crippen molar-refractivity contribution >= 4 is 5.69 Å². The third-order valence-corrected chi connectivity index (χ3v) is 3.83. The molecule has 1 aromatic carbocycles. The predicted octanol–water partition coefficient (Wildman–Crippen LogP) is 2.35. The largest absolute Gasteiger partial charge is 0.399 e. The maximum atomic E-state index is 5.81. The highest BCUT2D eigenvalue weighted by Crippen LogP contribution is 2.40. The van der Waals surface area contributed by atoms with E-state index in [-0.39, 0.29) is 0 Å². The van der Waals surface area contributed by atoms with Crippen LogP contribution in [0.25, 0.3) is 0 Å². The van der Waals surface area contributed by atoms with Crippen LogP contribution in [-0.4, -0.2) is 18.0 Å². The zero-order valence-electron chi connectivity index (χ0n) is 9.24. The topological polar surface area (TPSA) is 29.3 Å². The Kier molecular flexibility index (Phi) is 1.99. The number of hydrogen-bond donors (Lipinski definition) is 1. The fourth-order valence-electron chi connectivity index (χ4n) is 2.77. The van der Waals surface area contributed by atoms with Gasteiger partial charge in [-0.25, -0.2) is 0 Å². The van der Waals surface area contributed by atoms with Gasteiger partial charge in [-0.2, -0.15) is 0 Å². The number of benzene rings is 1. The highest BCUT2D eigenvalue weighted by atomic mass is 15.2. The van der Waals surface area contributed by atoms with Crippen molar-refractivity contribution in [3.8, 4) is 0 Å².